The quantitative estimate of drug-likeness (QED) is 0.221. The lowest BCUT2D eigenvalue weighted by Gasteiger charge is -2.27. The van der Waals surface area contributed by atoms with Gasteiger partial charge in [-0.15, -0.1) is 0 Å². The van der Waals surface area contributed by atoms with Crippen LogP contribution in [0.15, 0.2) is 54.1 Å². The molecule has 0 bridgehead atoms. The van der Waals surface area contributed by atoms with E-state index in [9.17, 15) is 14.7 Å². The fourth-order valence-corrected chi connectivity index (χ4v) is 4.55. The molecule has 1 aliphatic rings. The summed E-state index contributed by atoms with van der Waals surface area (Å²) < 4.78 is 11.4. The average molecular weight is 509 g/mol. The summed E-state index contributed by atoms with van der Waals surface area (Å²) in [4.78, 5) is 30.4. The molecule has 0 unspecified atom stereocenters. The maximum absolute atomic E-state index is 13.3. The first-order chi connectivity index (χ1) is 17.8. The Bertz CT molecular complexity index is 1070. The lowest BCUT2D eigenvalue weighted by molar-refractivity contribution is -0.140. The predicted octanol–water partition coefficient (Wildman–Crippen LogP) is 5.42. The van der Waals surface area contributed by atoms with Crippen molar-refractivity contribution in [1.82, 2.24) is 9.80 Å². The maximum atomic E-state index is 13.3. The van der Waals surface area contributed by atoms with Gasteiger partial charge in [0.25, 0.3) is 11.7 Å². The molecule has 0 aromatic heterocycles. The highest BCUT2D eigenvalue weighted by Gasteiger charge is 2.45. The molecule has 1 atom stereocenters. The van der Waals surface area contributed by atoms with Crippen molar-refractivity contribution in [1.29, 1.82) is 0 Å². The van der Waals surface area contributed by atoms with E-state index in [2.05, 4.69) is 18.7 Å². The number of aliphatic hydroxyl groups is 1. The Labute approximate surface area is 220 Å². The van der Waals surface area contributed by atoms with Crippen molar-refractivity contribution in [3.05, 3.63) is 65.2 Å². The molecule has 2 aromatic rings. The molecule has 0 saturated carbocycles. The van der Waals surface area contributed by atoms with Crippen LogP contribution < -0.4 is 9.47 Å². The van der Waals surface area contributed by atoms with Crippen LogP contribution in [0.25, 0.3) is 5.76 Å². The van der Waals surface area contributed by atoms with Gasteiger partial charge in [0.05, 0.1) is 24.3 Å². The minimum atomic E-state index is -0.677. The van der Waals surface area contributed by atoms with Gasteiger partial charge in [-0.25, -0.2) is 0 Å². The van der Waals surface area contributed by atoms with Gasteiger partial charge in [0, 0.05) is 12.1 Å². The summed E-state index contributed by atoms with van der Waals surface area (Å²) in [7, 11) is 0. The van der Waals surface area contributed by atoms with E-state index < -0.39 is 17.7 Å². The van der Waals surface area contributed by atoms with E-state index in [4.69, 9.17) is 9.47 Å². The Morgan fingerprint density at radius 2 is 1.59 bits per heavy atom. The third-order valence-corrected chi connectivity index (χ3v) is 6.48. The van der Waals surface area contributed by atoms with Gasteiger partial charge in [0.2, 0.25) is 0 Å². The molecule has 0 aliphatic carbocycles. The topological polar surface area (TPSA) is 79.3 Å². The van der Waals surface area contributed by atoms with Gasteiger partial charge in [-0.05, 0) is 88.3 Å². The molecule has 1 saturated heterocycles. The number of benzene rings is 2. The minimum absolute atomic E-state index is 0.0189. The molecule has 200 valence electrons. The molecule has 7 nitrogen and oxygen atoms in total. The molecule has 2 aromatic carbocycles. The summed E-state index contributed by atoms with van der Waals surface area (Å²) in [5.41, 5.74) is 1.32. The van der Waals surface area contributed by atoms with E-state index in [-0.39, 0.29) is 17.4 Å². The number of rotatable bonds is 13. The zero-order valence-corrected chi connectivity index (χ0v) is 22.7. The number of carbonyl (C=O) groups is 2. The number of amides is 1. The van der Waals surface area contributed by atoms with Gasteiger partial charge in [0.1, 0.15) is 17.3 Å². The second kappa shape index (κ2) is 13.3. The summed E-state index contributed by atoms with van der Waals surface area (Å²) in [6.07, 6.45) is 1.64. The standard InChI is InChI=1S/C30H40N2O5/c1-6-20-36-24-14-10-22(11-15-24)27-26(28(33)23-12-16-25(17-13-23)37-21(4)5)29(34)30(35)32(27)19-9-18-31(7-2)8-3/h10-17,21,27,33H,6-9,18-20H2,1-5H3/b28-26+/t27-/m0/s1. The zero-order chi connectivity index (χ0) is 26.9. The van der Waals surface area contributed by atoms with E-state index in [0.717, 1.165) is 43.8 Å². The zero-order valence-electron chi connectivity index (χ0n) is 22.7. The number of hydrogen-bond donors (Lipinski definition) is 1. The van der Waals surface area contributed by atoms with Crippen LogP contribution in [0.5, 0.6) is 11.5 Å². The molecular formula is C30H40N2O5. The normalized spacial score (nSPS) is 17.2. The van der Waals surface area contributed by atoms with E-state index in [1.807, 2.05) is 45.0 Å². The molecule has 1 fully saturated rings. The second-order valence-electron chi connectivity index (χ2n) is 9.48. The Balaban J connectivity index is 1.98. The molecule has 1 aliphatic heterocycles. The second-order valence-corrected chi connectivity index (χ2v) is 9.48. The van der Waals surface area contributed by atoms with Gasteiger partial charge < -0.3 is 24.4 Å². The lowest BCUT2D eigenvalue weighted by Crippen LogP contribution is -2.33. The SMILES string of the molecule is CCCOc1ccc([C@H]2/C(=C(\O)c3ccc(OC(C)C)cc3)C(=O)C(=O)N2CCCN(CC)CC)cc1. The Hall–Kier alpha value is -3.32. The monoisotopic (exact) mass is 508 g/mol. The summed E-state index contributed by atoms with van der Waals surface area (Å²) in [6.45, 7) is 13.8. The number of aliphatic hydroxyl groups excluding tert-OH is 1. The van der Waals surface area contributed by atoms with Gasteiger partial charge in [-0.3, -0.25) is 9.59 Å². The average Bonchev–Trinajstić information content (AvgIpc) is 3.15. The van der Waals surface area contributed by atoms with Crippen molar-refractivity contribution >= 4 is 17.4 Å². The molecular weight excluding hydrogens is 468 g/mol. The van der Waals surface area contributed by atoms with Crippen LogP contribution in [0.1, 0.15) is 64.6 Å². The molecule has 1 N–H and O–H groups in total. The Morgan fingerprint density at radius 3 is 2.16 bits per heavy atom. The van der Waals surface area contributed by atoms with Crippen molar-refractivity contribution < 1.29 is 24.2 Å². The summed E-state index contributed by atoms with van der Waals surface area (Å²) in [6, 6.07) is 13.7. The fourth-order valence-electron chi connectivity index (χ4n) is 4.55. The summed E-state index contributed by atoms with van der Waals surface area (Å²) in [5.74, 6) is -0.0410. The van der Waals surface area contributed by atoms with Crippen LogP contribution in [0.2, 0.25) is 0 Å². The summed E-state index contributed by atoms with van der Waals surface area (Å²) in [5, 5.41) is 11.3. The van der Waals surface area contributed by atoms with Crippen LogP contribution >= 0.6 is 0 Å². The number of ketones is 1. The van der Waals surface area contributed by atoms with Crippen LogP contribution in [-0.4, -0.2) is 65.5 Å². The summed E-state index contributed by atoms with van der Waals surface area (Å²) >= 11 is 0. The van der Waals surface area contributed by atoms with Crippen molar-refractivity contribution in [3.63, 3.8) is 0 Å². The maximum Gasteiger partial charge on any atom is 0.295 e. The van der Waals surface area contributed by atoms with Crippen molar-refractivity contribution in [2.75, 3.05) is 32.8 Å². The molecule has 3 rings (SSSR count). The van der Waals surface area contributed by atoms with Crippen LogP contribution in [-0.2, 0) is 9.59 Å². The first-order valence-corrected chi connectivity index (χ1v) is 13.3. The van der Waals surface area contributed by atoms with Crippen LogP contribution in [0.4, 0.5) is 0 Å². The van der Waals surface area contributed by atoms with Gasteiger partial charge >= 0.3 is 0 Å². The molecule has 37 heavy (non-hydrogen) atoms. The fraction of sp³-hybridized carbons (Fsp3) is 0.467. The van der Waals surface area contributed by atoms with E-state index in [0.29, 0.717) is 24.5 Å². The van der Waals surface area contributed by atoms with Crippen molar-refractivity contribution in [3.8, 4) is 11.5 Å². The third kappa shape index (κ3) is 6.92. The number of carbonyl (C=O) groups excluding carboxylic acids is 2. The van der Waals surface area contributed by atoms with Gasteiger partial charge in [-0.1, -0.05) is 32.9 Å². The van der Waals surface area contributed by atoms with E-state index in [1.165, 1.54) is 0 Å². The van der Waals surface area contributed by atoms with Crippen LogP contribution in [0, 0.1) is 0 Å². The smallest absolute Gasteiger partial charge is 0.295 e. The van der Waals surface area contributed by atoms with Gasteiger partial charge in [-0.2, -0.15) is 0 Å². The predicted molar refractivity (Wildman–Crippen MR) is 146 cm³/mol. The highest BCUT2D eigenvalue weighted by Crippen LogP contribution is 2.40. The minimum Gasteiger partial charge on any atom is -0.507 e. The van der Waals surface area contributed by atoms with E-state index in [1.54, 1.807) is 29.2 Å². The Kier molecular flexibility index (Phi) is 10.1. The number of ether oxygens (including phenoxy) is 2. The van der Waals surface area contributed by atoms with Crippen LogP contribution in [0.3, 0.4) is 0 Å². The molecule has 7 heteroatoms. The molecule has 0 spiro atoms. The highest BCUT2D eigenvalue weighted by atomic mass is 16.5. The Morgan fingerprint density at radius 1 is 0.973 bits per heavy atom. The molecule has 1 heterocycles. The lowest BCUT2D eigenvalue weighted by atomic mass is 9.95. The van der Waals surface area contributed by atoms with E-state index >= 15 is 0 Å². The number of nitrogens with zero attached hydrogens (tertiary/aromatic N) is 2. The highest BCUT2D eigenvalue weighted by molar-refractivity contribution is 6.46. The number of hydrogen-bond acceptors (Lipinski definition) is 6. The molecule has 0 radical (unpaired) electrons. The van der Waals surface area contributed by atoms with Crippen molar-refractivity contribution in [2.45, 2.75) is 59.6 Å². The number of likely N-dealkylation sites (tertiary alicyclic amines) is 1. The van der Waals surface area contributed by atoms with Gasteiger partial charge in [0.15, 0.2) is 0 Å². The van der Waals surface area contributed by atoms with Crippen molar-refractivity contribution in [2.24, 2.45) is 0 Å². The number of Topliss-reactive ketones (excluding diaryl/α,β-unsaturated/α-hetero) is 1. The first kappa shape index (κ1) is 28.3. The molecule has 1 amide bonds. The largest absolute Gasteiger partial charge is 0.507 e. The first-order valence-electron chi connectivity index (χ1n) is 13.3. The third-order valence-electron chi connectivity index (χ3n) is 6.48.